The third-order valence-corrected chi connectivity index (χ3v) is 3.58. The lowest BCUT2D eigenvalue weighted by Gasteiger charge is -2.28. The van der Waals surface area contributed by atoms with Crippen molar-refractivity contribution in [2.45, 2.75) is 31.6 Å². The van der Waals surface area contributed by atoms with Crippen molar-refractivity contribution in [3.63, 3.8) is 0 Å². The predicted molar refractivity (Wildman–Crippen MR) is 70.6 cm³/mol. The lowest BCUT2D eigenvalue weighted by molar-refractivity contribution is -0.121. The van der Waals surface area contributed by atoms with E-state index in [9.17, 15) is 4.79 Å². The van der Waals surface area contributed by atoms with Gasteiger partial charge in [-0.15, -0.1) is 0 Å². The zero-order valence-corrected chi connectivity index (χ0v) is 11.1. The minimum atomic E-state index is -0.317. The first kappa shape index (κ1) is 13.1. The molecule has 0 saturated carbocycles. The van der Waals surface area contributed by atoms with Crippen LogP contribution in [0.3, 0.4) is 0 Å². The number of rotatable bonds is 4. The molecule has 0 aliphatic carbocycles. The van der Waals surface area contributed by atoms with Gasteiger partial charge in [0.15, 0.2) is 0 Å². The zero-order chi connectivity index (χ0) is 12.2. The minimum Gasteiger partial charge on any atom is -0.346 e. The summed E-state index contributed by atoms with van der Waals surface area (Å²) in [4.78, 5) is 11.8. The molecule has 0 radical (unpaired) electrons. The minimum absolute atomic E-state index is 0.0111. The summed E-state index contributed by atoms with van der Waals surface area (Å²) in [7, 11) is 0. The summed E-state index contributed by atoms with van der Waals surface area (Å²) in [5.74, 6) is 0.0846. The van der Waals surface area contributed by atoms with Crippen molar-refractivity contribution < 1.29 is 4.79 Å². The van der Waals surface area contributed by atoms with Crippen LogP contribution in [0.2, 0.25) is 0 Å². The molecular weight excluding hydrogens is 218 g/mol. The first-order valence-electron chi connectivity index (χ1n) is 5.37. The van der Waals surface area contributed by atoms with E-state index < -0.39 is 0 Å². The smallest absolute Gasteiger partial charge is 0.233 e. The van der Waals surface area contributed by atoms with E-state index in [-0.39, 0.29) is 16.7 Å². The summed E-state index contributed by atoms with van der Waals surface area (Å²) in [6.45, 7) is 5.96. The van der Waals surface area contributed by atoms with Crippen LogP contribution in [-0.4, -0.2) is 17.4 Å². The van der Waals surface area contributed by atoms with Crippen molar-refractivity contribution in [1.29, 1.82) is 0 Å². The predicted octanol–water partition coefficient (Wildman–Crippen LogP) is 2.79. The van der Waals surface area contributed by atoms with Gasteiger partial charge in [-0.05, 0) is 32.6 Å². The standard InChI is InChI=1S/C13H19NOS/c1-10(16-4)12(15)14-13(2,3)11-8-6-5-7-9-11/h5-10H,1-4H3,(H,14,15). The van der Waals surface area contributed by atoms with Crippen LogP contribution in [0.4, 0.5) is 0 Å². The molecule has 1 rings (SSSR count). The molecule has 1 unspecified atom stereocenters. The quantitative estimate of drug-likeness (QED) is 0.872. The normalized spacial score (nSPS) is 13.2. The first-order chi connectivity index (χ1) is 7.47. The Balaban J connectivity index is 2.76. The number of carbonyl (C=O) groups is 1. The third-order valence-electron chi connectivity index (χ3n) is 2.65. The highest BCUT2D eigenvalue weighted by atomic mass is 32.2. The molecule has 0 aliphatic heterocycles. The van der Waals surface area contributed by atoms with Crippen LogP contribution in [0, 0.1) is 0 Å². The van der Waals surface area contributed by atoms with Gasteiger partial charge in [0.2, 0.25) is 5.91 Å². The van der Waals surface area contributed by atoms with Crippen LogP contribution in [-0.2, 0) is 10.3 Å². The second-order valence-electron chi connectivity index (χ2n) is 4.36. The monoisotopic (exact) mass is 237 g/mol. The highest BCUT2D eigenvalue weighted by Crippen LogP contribution is 2.20. The Bertz CT molecular complexity index is 348. The van der Waals surface area contributed by atoms with E-state index in [1.807, 2.05) is 57.4 Å². The molecule has 0 heterocycles. The number of benzene rings is 1. The van der Waals surface area contributed by atoms with Gasteiger partial charge in [0, 0.05) is 0 Å². The summed E-state index contributed by atoms with van der Waals surface area (Å²) in [6.07, 6.45) is 1.94. The highest BCUT2D eigenvalue weighted by Gasteiger charge is 2.24. The molecule has 3 heteroatoms. The highest BCUT2D eigenvalue weighted by molar-refractivity contribution is 7.99. The largest absolute Gasteiger partial charge is 0.346 e. The summed E-state index contributed by atoms with van der Waals surface area (Å²) in [5, 5.41) is 3.05. The van der Waals surface area contributed by atoms with Gasteiger partial charge in [-0.25, -0.2) is 0 Å². The van der Waals surface area contributed by atoms with E-state index in [1.54, 1.807) is 11.8 Å². The number of hydrogen-bond acceptors (Lipinski definition) is 2. The maximum Gasteiger partial charge on any atom is 0.233 e. The van der Waals surface area contributed by atoms with Crippen molar-refractivity contribution in [3.05, 3.63) is 35.9 Å². The van der Waals surface area contributed by atoms with Crippen LogP contribution in [0.1, 0.15) is 26.3 Å². The zero-order valence-electron chi connectivity index (χ0n) is 10.3. The maximum absolute atomic E-state index is 11.8. The molecular formula is C13H19NOS. The molecule has 1 N–H and O–H groups in total. The maximum atomic E-state index is 11.8. The number of hydrogen-bond donors (Lipinski definition) is 1. The summed E-state index contributed by atoms with van der Waals surface area (Å²) < 4.78 is 0. The van der Waals surface area contributed by atoms with Gasteiger partial charge < -0.3 is 5.32 Å². The van der Waals surface area contributed by atoms with Crippen molar-refractivity contribution in [2.24, 2.45) is 0 Å². The van der Waals surface area contributed by atoms with Crippen LogP contribution in [0.5, 0.6) is 0 Å². The van der Waals surface area contributed by atoms with Gasteiger partial charge in [0.1, 0.15) is 0 Å². The van der Waals surface area contributed by atoms with Crippen LogP contribution >= 0.6 is 11.8 Å². The fourth-order valence-corrected chi connectivity index (χ4v) is 1.72. The van der Waals surface area contributed by atoms with Gasteiger partial charge in [-0.1, -0.05) is 30.3 Å². The van der Waals surface area contributed by atoms with Crippen LogP contribution in [0.25, 0.3) is 0 Å². The van der Waals surface area contributed by atoms with Gasteiger partial charge in [0.25, 0.3) is 0 Å². The van der Waals surface area contributed by atoms with E-state index in [2.05, 4.69) is 5.32 Å². The molecule has 16 heavy (non-hydrogen) atoms. The second-order valence-corrected chi connectivity index (χ2v) is 5.54. The Kier molecular flexibility index (Phi) is 4.42. The number of nitrogens with one attached hydrogen (secondary N) is 1. The molecule has 0 aromatic heterocycles. The van der Waals surface area contributed by atoms with Crippen LogP contribution < -0.4 is 5.32 Å². The molecule has 88 valence electrons. The van der Waals surface area contributed by atoms with Crippen molar-refractivity contribution in [1.82, 2.24) is 5.32 Å². The Hall–Kier alpha value is -0.960. The molecule has 0 saturated heterocycles. The Morgan fingerprint density at radius 3 is 2.38 bits per heavy atom. The molecule has 0 spiro atoms. The van der Waals surface area contributed by atoms with Crippen LogP contribution in [0.15, 0.2) is 30.3 Å². The number of thioether (sulfide) groups is 1. The third kappa shape index (κ3) is 3.27. The molecule has 0 bridgehead atoms. The molecule has 1 atom stereocenters. The SMILES string of the molecule is CSC(C)C(=O)NC(C)(C)c1ccccc1. The summed E-state index contributed by atoms with van der Waals surface area (Å²) in [5.41, 5.74) is 0.805. The van der Waals surface area contributed by atoms with Crippen molar-refractivity contribution >= 4 is 17.7 Å². The molecule has 1 aromatic rings. The first-order valence-corrected chi connectivity index (χ1v) is 6.66. The average Bonchev–Trinajstić information content (AvgIpc) is 2.28. The van der Waals surface area contributed by atoms with E-state index >= 15 is 0 Å². The Morgan fingerprint density at radius 2 is 1.88 bits per heavy atom. The molecule has 0 aliphatic rings. The van der Waals surface area contributed by atoms with Gasteiger partial charge in [-0.2, -0.15) is 11.8 Å². The second kappa shape index (κ2) is 5.39. The fraction of sp³-hybridized carbons (Fsp3) is 0.462. The number of carbonyl (C=O) groups excluding carboxylic acids is 1. The summed E-state index contributed by atoms with van der Waals surface area (Å²) in [6, 6.07) is 10.0. The van der Waals surface area contributed by atoms with Crippen molar-refractivity contribution in [3.8, 4) is 0 Å². The van der Waals surface area contributed by atoms with E-state index in [0.29, 0.717) is 0 Å². The molecule has 2 nitrogen and oxygen atoms in total. The Labute approximate surface area is 102 Å². The van der Waals surface area contributed by atoms with Crippen molar-refractivity contribution in [2.75, 3.05) is 6.26 Å². The average molecular weight is 237 g/mol. The lowest BCUT2D eigenvalue weighted by Crippen LogP contribution is -2.44. The van der Waals surface area contributed by atoms with E-state index in [4.69, 9.17) is 0 Å². The van der Waals surface area contributed by atoms with Gasteiger partial charge in [0.05, 0.1) is 10.8 Å². The molecule has 1 aromatic carbocycles. The number of amides is 1. The lowest BCUT2D eigenvalue weighted by atomic mass is 9.94. The van der Waals surface area contributed by atoms with E-state index in [0.717, 1.165) is 5.56 Å². The Morgan fingerprint density at radius 1 is 1.31 bits per heavy atom. The molecule has 1 amide bonds. The van der Waals surface area contributed by atoms with E-state index in [1.165, 1.54) is 0 Å². The fourth-order valence-electron chi connectivity index (χ4n) is 1.44. The van der Waals surface area contributed by atoms with Gasteiger partial charge >= 0.3 is 0 Å². The van der Waals surface area contributed by atoms with Gasteiger partial charge in [-0.3, -0.25) is 4.79 Å². The topological polar surface area (TPSA) is 29.1 Å². The molecule has 0 fully saturated rings. The summed E-state index contributed by atoms with van der Waals surface area (Å²) >= 11 is 1.56.